The van der Waals surface area contributed by atoms with Crippen molar-refractivity contribution in [1.29, 1.82) is 0 Å². The maximum atomic E-state index is 4.79. The summed E-state index contributed by atoms with van der Waals surface area (Å²) < 4.78 is 2.45. The molecule has 0 saturated heterocycles. The summed E-state index contributed by atoms with van der Waals surface area (Å²) in [6.45, 7) is 6.77. The van der Waals surface area contributed by atoms with Crippen molar-refractivity contribution in [2.45, 2.75) is 39.7 Å². The van der Waals surface area contributed by atoms with E-state index in [0.29, 0.717) is 6.04 Å². The van der Waals surface area contributed by atoms with Gasteiger partial charge in [0, 0.05) is 18.0 Å². The SMILES string of the molecule is Cc1nc2n(c1-c1ccccc1)C(C)CC(C)C2. The van der Waals surface area contributed by atoms with Crippen molar-refractivity contribution in [3.63, 3.8) is 0 Å². The third-order valence-electron chi connectivity index (χ3n) is 3.92. The number of hydrogen-bond acceptors (Lipinski definition) is 1. The van der Waals surface area contributed by atoms with E-state index in [1.54, 1.807) is 0 Å². The number of fused-ring (bicyclic) bond motifs is 1. The van der Waals surface area contributed by atoms with Crippen molar-refractivity contribution < 1.29 is 0 Å². The number of imidazole rings is 1. The highest BCUT2D eigenvalue weighted by Crippen LogP contribution is 2.35. The minimum Gasteiger partial charge on any atom is -0.325 e. The van der Waals surface area contributed by atoms with E-state index in [-0.39, 0.29) is 0 Å². The monoisotopic (exact) mass is 240 g/mol. The standard InChI is InChI=1S/C16H20N2/c1-11-9-12(2)18-15(10-11)17-13(3)16(18)14-7-5-4-6-8-14/h4-8,11-12H,9-10H2,1-3H3. The first-order valence-corrected chi connectivity index (χ1v) is 6.80. The van der Waals surface area contributed by atoms with Gasteiger partial charge in [0.25, 0.3) is 0 Å². The molecule has 0 spiro atoms. The Bertz CT molecular complexity index is 554. The summed E-state index contributed by atoms with van der Waals surface area (Å²) in [6.07, 6.45) is 2.36. The van der Waals surface area contributed by atoms with E-state index in [0.717, 1.165) is 18.0 Å². The van der Waals surface area contributed by atoms with E-state index in [1.165, 1.54) is 23.5 Å². The van der Waals surface area contributed by atoms with Gasteiger partial charge >= 0.3 is 0 Å². The summed E-state index contributed by atoms with van der Waals surface area (Å²) in [4.78, 5) is 4.79. The summed E-state index contributed by atoms with van der Waals surface area (Å²) in [5, 5.41) is 0. The van der Waals surface area contributed by atoms with Crippen LogP contribution in [-0.2, 0) is 6.42 Å². The number of rotatable bonds is 1. The second-order valence-electron chi connectivity index (χ2n) is 5.59. The average molecular weight is 240 g/mol. The van der Waals surface area contributed by atoms with Gasteiger partial charge in [-0.3, -0.25) is 0 Å². The van der Waals surface area contributed by atoms with E-state index < -0.39 is 0 Å². The number of nitrogens with zero attached hydrogens (tertiary/aromatic N) is 2. The summed E-state index contributed by atoms with van der Waals surface area (Å²) in [6, 6.07) is 11.2. The van der Waals surface area contributed by atoms with Crippen molar-refractivity contribution >= 4 is 0 Å². The Kier molecular flexibility index (Phi) is 2.73. The third-order valence-corrected chi connectivity index (χ3v) is 3.92. The van der Waals surface area contributed by atoms with Crippen molar-refractivity contribution in [1.82, 2.24) is 9.55 Å². The zero-order valence-electron chi connectivity index (χ0n) is 11.4. The zero-order chi connectivity index (χ0) is 12.7. The Labute approximate surface area is 109 Å². The molecule has 2 atom stereocenters. The van der Waals surface area contributed by atoms with E-state index in [4.69, 9.17) is 4.98 Å². The second-order valence-corrected chi connectivity index (χ2v) is 5.59. The first kappa shape index (κ1) is 11.5. The molecule has 0 bridgehead atoms. The Balaban J connectivity index is 2.17. The van der Waals surface area contributed by atoms with Gasteiger partial charge in [-0.1, -0.05) is 37.3 Å². The molecule has 2 aromatic rings. The highest BCUT2D eigenvalue weighted by molar-refractivity contribution is 5.63. The lowest BCUT2D eigenvalue weighted by Crippen LogP contribution is -2.21. The fraction of sp³-hybridized carbons (Fsp3) is 0.438. The van der Waals surface area contributed by atoms with Crippen molar-refractivity contribution in [2.24, 2.45) is 5.92 Å². The molecule has 2 nitrogen and oxygen atoms in total. The highest BCUT2D eigenvalue weighted by atomic mass is 15.1. The van der Waals surface area contributed by atoms with Crippen LogP contribution in [0.1, 0.15) is 37.8 Å². The first-order valence-electron chi connectivity index (χ1n) is 6.80. The van der Waals surface area contributed by atoms with E-state index in [9.17, 15) is 0 Å². The minimum absolute atomic E-state index is 0.556. The lowest BCUT2D eigenvalue weighted by atomic mass is 9.94. The molecule has 94 valence electrons. The second kappa shape index (κ2) is 4.27. The summed E-state index contributed by atoms with van der Waals surface area (Å²) in [5.41, 5.74) is 3.76. The minimum atomic E-state index is 0.556. The van der Waals surface area contributed by atoms with Crippen LogP contribution in [0.3, 0.4) is 0 Å². The van der Waals surface area contributed by atoms with E-state index >= 15 is 0 Å². The van der Waals surface area contributed by atoms with Gasteiger partial charge in [0.2, 0.25) is 0 Å². The Morgan fingerprint density at radius 2 is 1.89 bits per heavy atom. The van der Waals surface area contributed by atoms with Crippen molar-refractivity contribution in [2.75, 3.05) is 0 Å². The average Bonchev–Trinajstić information content (AvgIpc) is 2.66. The lowest BCUT2D eigenvalue weighted by Gasteiger charge is -2.28. The van der Waals surface area contributed by atoms with Crippen molar-refractivity contribution in [3.8, 4) is 11.3 Å². The molecule has 1 aromatic heterocycles. The molecule has 18 heavy (non-hydrogen) atoms. The summed E-state index contributed by atoms with van der Waals surface area (Å²) >= 11 is 0. The van der Waals surface area contributed by atoms with Gasteiger partial charge in [-0.15, -0.1) is 0 Å². The smallest absolute Gasteiger partial charge is 0.109 e. The maximum absolute atomic E-state index is 4.79. The molecule has 2 heteroatoms. The zero-order valence-corrected chi connectivity index (χ0v) is 11.4. The summed E-state index contributed by atoms with van der Waals surface area (Å²) in [5.74, 6) is 2.01. The number of aromatic nitrogens is 2. The Morgan fingerprint density at radius 1 is 1.17 bits per heavy atom. The molecule has 1 aliphatic heterocycles. The van der Waals surface area contributed by atoms with Gasteiger partial charge in [-0.05, 0) is 26.2 Å². The van der Waals surface area contributed by atoms with Crippen LogP contribution in [0.4, 0.5) is 0 Å². The van der Waals surface area contributed by atoms with Gasteiger partial charge < -0.3 is 4.57 Å². The number of benzene rings is 1. The molecule has 1 aliphatic rings. The summed E-state index contributed by atoms with van der Waals surface area (Å²) in [7, 11) is 0. The molecule has 0 amide bonds. The van der Waals surface area contributed by atoms with Crippen LogP contribution in [-0.4, -0.2) is 9.55 Å². The van der Waals surface area contributed by atoms with Crippen LogP contribution >= 0.6 is 0 Å². The molecule has 0 fully saturated rings. The quantitative estimate of drug-likeness (QED) is 0.736. The van der Waals surface area contributed by atoms with Crippen LogP contribution < -0.4 is 0 Å². The predicted molar refractivity (Wildman–Crippen MR) is 74.6 cm³/mol. The Morgan fingerprint density at radius 3 is 2.61 bits per heavy atom. The first-order chi connectivity index (χ1) is 8.66. The lowest BCUT2D eigenvalue weighted by molar-refractivity contribution is 0.345. The molecule has 2 heterocycles. The maximum Gasteiger partial charge on any atom is 0.109 e. The largest absolute Gasteiger partial charge is 0.325 e. The molecule has 0 saturated carbocycles. The highest BCUT2D eigenvalue weighted by Gasteiger charge is 2.26. The van der Waals surface area contributed by atoms with Crippen LogP contribution in [0.25, 0.3) is 11.3 Å². The molecular weight excluding hydrogens is 220 g/mol. The molecule has 2 unspecified atom stereocenters. The van der Waals surface area contributed by atoms with Crippen LogP contribution in [0.2, 0.25) is 0 Å². The topological polar surface area (TPSA) is 17.8 Å². The predicted octanol–water partition coefficient (Wildman–Crippen LogP) is 4.00. The fourth-order valence-electron chi connectivity index (χ4n) is 3.25. The van der Waals surface area contributed by atoms with Crippen LogP contribution in [0.15, 0.2) is 30.3 Å². The van der Waals surface area contributed by atoms with Crippen LogP contribution in [0.5, 0.6) is 0 Å². The molecule has 3 rings (SSSR count). The van der Waals surface area contributed by atoms with Gasteiger partial charge in [-0.2, -0.15) is 0 Å². The van der Waals surface area contributed by atoms with Gasteiger partial charge in [0.05, 0.1) is 11.4 Å². The molecular formula is C16H20N2. The number of hydrogen-bond donors (Lipinski definition) is 0. The fourth-order valence-corrected chi connectivity index (χ4v) is 3.25. The Hall–Kier alpha value is -1.57. The van der Waals surface area contributed by atoms with Gasteiger partial charge in [0.15, 0.2) is 0 Å². The van der Waals surface area contributed by atoms with Crippen molar-refractivity contribution in [3.05, 3.63) is 41.9 Å². The number of aryl methyl sites for hydroxylation is 1. The van der Waals surface area contributed by atoms with E-state index in [2.05, 4.69) is 55.7 Å². The van der Waals surface area contributed by atoms with E-state index in [1.807, 2.05) is 0 Å². The van der Waals surface area contributed by atoms with Gasteiger partial charge in [0.1, 0.15) is 5.82 Å². The van der Waals surface area contributed by atoms with Gasteiger partial charge in [-0.25, -0.2) is 4.98 Å². The normalized spacial score (nSPS) is 22.8. The molecule has 0 N–H and O–H groups in total. The third kappa shape index (κ3) is 1.76. The molecule has 0 aliphatic carbocycles. The van der Waals surface area contributed by atoms with Crippen LogP contribution in [0, 0.1) is 12.8 Å². The molecule has 0 radical (unpaired) electrons. The molecule has 1 aromatic carbocycles.